The van der Waals surface area contributed by atoms with E-state index in [0.29, 0.717) is 31.1 Å². The fourth-order valence-corrected chi connectivity index (χ4v) is 1.08. The number of rotatable bonds is 7. The van der Waals surface area contributed by atoms with Gasteiger partial charge in [-0.25, -0.2) is 0 Å². The number of nitrogens with two attached hydrogens (primary N) is 1. The zero-order valence-electron chi connectivity index (χ0n) is 7.88. The van der Waals surface area contributed by atoms with Gasteiger partial charge >= 0.3 is 0 Å². The molecule has 0 fully saturated rings. The number of Topliss-reactive ketones (excluding diaryl/α,β-unsaturated/α-hetero) is 1. The molecule has 2 N–H and O–H groups in total. The molecule has 0 amide bonds. The van der Waals surface area contributed by atoms with Crippen molar-refractivity contribution in [3.63, 3.8) is 0 Å². The van der Waals surface area contributed by atoms with E-state index in [0.717, 1.165) is 12.8 Å². The lowest BCUT2D eigenvalue weighted by Crippen LogP contribution is -2.17. The summed E-state index contributed by atoms with van der Waals surface area (Å²) in [4.78, 5) is 11.2. The lowest BCUT2D eigenvalue weighted by molar-refractivity contribution is -0.119. The van der Waals surface area contributed by atoms with Crippen LogP contribution in [-0.4, -0.2) is 12.3 Å². The van der Waals surface area contributed by atoms with Gasteiger partial charge in [-0.05, 0) is 18.9 Å². The maximum atomic E-state index is 11.2. The zero-order chi connectivity index (χ0) is 9.40. The number of carbonyl (C=O) groups excluding carboxylic acids is 1. The Balaban J connectivity index is 3.58. The molecule has 0 aliphatic carbocycles. The molecule has 0 aliphatic heterocycles. The van der Waals surface area contributed by atoms with Crippen molar-refractivity contribution in [1.29, 1.82) is 0 Å². The molecule has 0 spiro atoms. The second-order valence-corrected chi connectivity index (χ2v) is 3.08. The largest absolute Gasteiger partial charge is 0.330 e. The van der Waals surface area contributed by atoms with E-state index in [-0.39, 0.29) is 0 Å². The van der Waals surface area contributed by atoms with Gasteiger partial charge in [-0.2, -0.15) is 0 Å². The molecule has 0 bridgehead atoms. The molecule has 2 nitrogen and oxygen atoms in total. The predicted octanol–water partition coefficient (Wildman–Crippen LogP) is 1.90. The monoisotopic (exact) mass is 169 g/mol. The smallest absolute Gasteiger partial charge is 0.133 e. The van der Waals surface area contributed by atoms with Crippen LogP contribution in [-0.2, 0) is 4.79 Å². The van der Waals surface area contributed by atoms with E-state index >= 15 is 0 Å². The molecule has 1 unspecified atom stereocenters. The molecule has 0 saturated heterocycles. The average molecular weight is 169 g/mol. The first-order valence-corrected chi connectivity index (χ1v) is 4.57. The molecule has 0 saturated carbocycles. The number of ketones is 1. The lowest BCUT2D eigenvalue weighted by atomic mass is 9.98. The van der Waals surface area contributed by atoms with Gasteiger partial charge in [-0.3, -0.25) is 4.79 Å². The van der Waals surface area contributed by atoms with E-state index in [1.807, 2.05) is 0 Å². The molecule has 70 valence electrons. The van der Waals surface area contributed by atoms with Crippen LogP contribution in [0.15, 0.2) is 12.7 Å². The zero-order valence-corrected chi connectivity index (χ0v) is 7.88. The van der Waals surface area contributed by atoms with Crippen LogP contribution in [0.25, 0.3) is 0 Å². The summed E-state index contributed by atoms with van der Waals surface area (Å²) in [5.41, 5.74) is 5.49. The molecule has 0 aromatic rings. The van der Waals surface area contributed by atoms with Crippen molar-refractivity contribution in [1.82, 2.24) is 0 Å². The fourth-order valence-electron chi connectivity index (χ4n) is 1.08. The predicted molar refractivity (Wildman–Crippen MR) is 51.9 cm³/mol. The molecule has 0 radical (unpaired) electrons. The summed E-state index contributed by atoms with van der Waals surface area (Å²) < 4.78 is 0. The quantitative estimate of drug-likeness (QED) is 0.591. The highest BCUT2D eigenvalue weighted by molar-refractivity contribution is 5.78. The van der Waals surface area contributed by atoms with E-state index in [2.05, 4.69) is 13.5 Å². The molecular formula is C10H19NO. The summed E-state index contributed by atoms with van der Waals surface area (Å²) in [6, 6.07) is 0. The minimum absolute atomic E-state index is 0.312. The Bertz CT molecular complexity index is 139. The first-order chi connectivity index (χ1) is 5.74. The first-order valence-electron chi connectivity index (χ1n) is 4.57. The van der Waals surface area contributed by atoms with Gasteiger partial charge in [-0.15, -0.1) is 6.58 Å². The van der Waals surface area contributed by atoms with E-state index < -0.39 is 0 Å². The van der Waals surface area contributed by atoms with Gasteiger partial charge in [0, 0.05) is 12.8 Å². The van der Waals surface area contributed by atoms with Crippen LogP contribution < -0.4 is 5.73 Å². The number of hydrogen-bond acceptors (Lipinski definition) is 2. The molecule has 0 rings (SSSR count). The van der Waals surface area contributed by atoms with Gasteiger partial charge in [0.1, 0.15) is 5.78 Å². The van der Waals surface area contributed by atoms with Crippen molar-refractivity contribution in [2.24, 2.45) is 11.7 Å². The molecule has 0 heterocycles. The standard InChI is InChI=1S/C10H19NO/c1-3-5-6-10(12)7-9(4-2)8-11/h3,9H,1,4-8,11H2,2H3. The van der Waals surface area contributed by atoms with Crippen molar-refractivity contribution in [3.8, 4) is 0 Å². The van der Waals surface area contributed by atoms with Crippen LogP contribution in [0, 0.1) is 5.92 Å². The van der Waals surface area contributed by atoms with Crippen molar-refractivity contribution in [2.75, 3.05) is 6.54 Å². The molecule has 0 aromatic heterocycles. The Morgan fingerprint density at radius 3 is 2.75 bits per heavy atom. The second kappa shape index (κ2) is 7.04. The third kappa shape index (κ3) is 5.08. The highest BCUT2D eigenvalue weighted by Gasteiger charge is 2.08. The van der Waals surface area contributed by atoms with Gasteiger partial charge in [0.15, 0.2) is 0 Å². The Labute approximate surface area is 74.8 Å². The summed E-state index contributed by atoms with van der Waals surface area (Å²) in [6.07, 6.45) is 4.83. The maximum absolute atomic E-state index is 11.2. The Kier molecular flexibility index (Phi) is 6.67. The molecule has 12 heavy (non-hydrogen) atoms. The Hall–Kier alpha value is -0.630. The summed E-state index contributed by atoms with van der Waals surface area (Å²) in [5.74, 6) is 0.689. The highest BCUT2D eigenvalue weighted by Crippen LogP contribution is 2.08. The van der Waals surface area contributed by atoms with Gasteiger partial charge in [0.05, 0.1) is 0 Å². The van der Waals surface area contributed by atoms with Gasteiger partial charge in [-0.1, -0.05) is 19.4 Å². The topological polar surface area (TPSA) is 43.1 Å². The molecule has 2 heteroatoms. The van der Waals surface area contributed by atoms with Crippen LogP contribution in [0.1, 0.15) is 32.6 Å². The van der Waals surface area contributed by atoms with Crippen molar-refractivity contribution < 1.29 is 4.79 Å². The lowest BCUT2D eigenvalue weighted by Gasteiger charge is -2.09. The maximum Gasteiger partial charge on any atom is 0.133 e. The third-order valence-electron chi connectivity index (χ3n) is 2.05. The number of allylic oxidation sites excluding steroid dienone is 1. The van der Waals surface area contributed by atoms with Gasteiger partial charge < -0.3 is 5.73 Å². The van der Waals surface area contributed by atoms with Crippen LogP contribution in [0.3, 0.4) is 0 Å². The van der Waals surface area contributed by atoms with Crippen LogP contribution in [0.4, 0.5) is 0 Å². The SMILES string of the molecule is C=CCCC(=O)CC(CC)CN. The summed E-state index contributed by atoms with van der Waals surface area (Å²) in [7, 11) is 0. The third-order valence-corrected chi connectivity index (χ3v) is 2.05. The van der Waals surface area contributed by atoms with Crippen molar-refractivity contribution in [2.45, 2.75) is 32.6 Å². The number of hydrogen-bond donors (Lipinski definition) is 1. The Morgan fingerprint density at radius 1 is 1.67 bits per heavy atom. The highest BCUT2D eigenvalue weighted by atomic mass is 16.1. The average Bonchev–Trinajstić information content (AvgIpc) is 2.10. The molecular weight excluding hydrogens is 150 g/mol. The summed E-state index contributed by atoms with van der Waals surface area (Å²) >= 11 is 0. The minimum Gasteiger partial charge on any atom is -0.330 e. The fraction of sp³-hybridized carbons (Fsp3) is 0.700. The van der Waals surface area contributed by atoms with E-state index in [1.54, 1.807) is 6.08 Å². The molecule has 0 aliphatic rings. The van der Waals surface area contributed by atoms with Crippen LogP contribution >= 0.6 is 0 Å². The summed E-state index contributed by atoms with van der Waals surface area (Å²) in [5, 5.41) is 0. The van der Waals surface area contributed by atoms with E-state index in [1.165, 1.54) is 0 Å². The minimum atomic E-state index is 0.312. The normalized spacial score (nSPS) is 12.5. The molecule has 1 atom stereocenters. The second-order valence-electron chi connectivity index (χ2n) is 3.08. The Morgan fingerprint density at radius 2 is 2.33 bits per heavy atom. The molecule has 0 aromatic carbocycles. The van der Waals surface area contributed by atoms with Crippen molar-refractivity contribution >= 4 is 5.78 Å². The van der Waals surface area contributed by atoms with Crippen LogP contribution in [0.2, 0.25) is 0 Å². The van der Waals surface area contributed by atoms with Gasteiger partial charge in [0.2, 0.25) is 0 Å². The van der Waals surface area contributed by atoms with E-state index in [9.17, 15) is 4.79 Å². The van der Waals surface area contributed by atoms with E-state index in [4.69, 9.17) is 5.73 Å². The van der Waals surface area contributed by atoms with Gasteiger partial charge in [0.25, 0.3) is 0 Å². The first kappa shape index (κ1) is 11.4. The van der Waals surface area contributed by atoms with Crippen molar-refractivity contribution in [3.05, 3.63) is 12.7 Å². The summed E-state index contributed by atoms with van der Waals surface area (Å²) in [6.45, 7) is 6.26. The van der Waals surface area contributed by atoms with Crippen LogP contribution in [0.5, 0.6) is 0 Å². The number of carbonyl (C=O) groups is 1.